The highest BCUT2D eigenvalue weighted by atomic mass is 16.4. The number of furan rings is 1. The van der Waals surface area contributed by atoms with Gasteiger partial charge in [0.25, 0.3) is 6.71 Å². The van der Waals surface area contributed by atoms with E-state index in [9.17, 15) is 0 Å². The van der Waals surface area contributed by atoms with Crippen LogP contribution in [0.15, 0.2) is 89.3 Å². The van der Waals surface area contributed by atoms with Crippen LogP contribution in [0.2, 0.25) is 0 Å². The van der Waals surface area contributed by atoms with Crippen LogP contribution in [0, 0.1) is 18.3 Å². The first-order chi connectivity index (χ1) is 29.2. The van der Waals surface area contributed by atoms with Crippen molar-refractivity contribution in [2.24, 2.45) is 11.3 Å². The van der Waals surface area contributed by atoms with Crippen molar-refractivity contribution in [2.45, 2.75) is 156 Å². The van der Waals surface area contributed by atoms with Crippen LogP contribution in [0.25, 0.3) is 22.1 Å². The number of aryl methyl sites for hydroxylation is 1. The third kappa shape index (κ3) is 5.62. The van der Waals surface area contributed by atoms with Crippen molar-refractivity contribution in [3.05, 3.63) is 118 Å². The van der Waals surface area contributed by atoms with E-state index in [4.69, 9.17) is 4.42 Å². The van der Waals surface area contributed by atoms with Crippen molar-refractivity contribution in [3.63, 3.8) is 0 Å². The van der Waals surface area contributed by atoms with Gasteiger partial charge >= 0.3 is 0 Å². The maximum Gasteiger partial charge on any atom is 0.257 e. The SMILES string of the molecule is Cc1cc2c3c(c1)N(C1CCC(C(C)(C)C)CC1)c1c(ccc4c1C(C)(C)c1ccccc1-4)B3c1c(oc3cc4c(cc13)C(C)(C)CCC4(C)C)N2c1ccc(C(C)(C)C)cc1. The highest BCUT2D eigenvalue weighted by Crippen LogP contribution is 2.56. The highest BCUT2D eigenvalue weighted by molar-refractivity contribution is 7.01. The Bertz CT molecular complexity index is 2830. The molecule has 5 aromatic carbocycles. The lowest BCUT2D eigenvalue weighted by Gasteiger charge is -2.49. The molecule has 318 valence electrons. The van der Waals surface area contributed by atoms with Crippen molar-refractivity contribution in [2.75, 3.05) is 9.80 Å². The number of benzene rings is 5. The molecule has 1 fully saturated rings. The number of nitrogens with zero attached hydrogens (tertiary/aromatic N) is 2. The summed E-state index contributed by atoms with van der Waals surface area (Å²) in [7, 11) is 0. The molecule has 0 unspecified atom stereocenters. The van der Waals surface area contributed by atoms with Gasteiger partial charge in [0, 0.05) is 45.1 Å². The van der Waals surface area contributed by atoms with Gasteiger partial charge in [-0.3, -0.25) is 4.90 Å². The van der Waals surface area contributed by atoms with Crippen molar-refractivity contribution in [1.29, 1.82) is 0 Å². The Morgan fingerprint density at radius 3 is 1.97 bits per heavy atom. The van der Waals surface area contributed by atoms with Crippen LogP contribution >= 0.6 is 0 Å². The van der Waals surface area contributed by atoms with Gasteiger partial charge in [-0.05, 0) is 165 Å². The van der Waals surface area contributed by atoms with Gasteiger partial charge in [-0.25, -0.2) is 0 Å². The maximum absolute atomic E-state index is 7.47. The molecular weight excluding hydrogens is 751 g/mol. The molecule has 0 saturated heterocycles. The summed E-state index contributed by atoms with van der Waals surface area (Å²) in [5.74, 6) is 1.71. The third-order valence-electron chi connectivity index (χ3n) is 16.8. The average Bonchev–Trinajstić information content (AvgIpc) is 3.70. The Morgan fingerprint density at radius 2 is 1.31 bits per heavy atom. The van der Waals surface area contributed by atoms with E-state index < -0.39 is 0 Å². The quantitative estimate of drug-likeness (QED) is 0.162. The minimum absolute atomic E-state index is 0.0155. The van der Waals surface area contributed by atoms with E-state index >= 15 is 0 Å². The molecule has 3 nitrogen and oxygen atoms in total. The van der Waals surface area contributed by atoms with Crippen LogP contribution in [0.1, 0.15) is 155 Å². The molecular formula is C58H67BN2O. The molecule has 0 radical (unpaired) electrons. The minimum atomic E-state index is -0.159. The summed E-state index contributed by atoms with van der Waals surface area (Å²) in [6.07, 6.45) is 7.26. The summed E-state index contributed by atoms with van der Waals surface area (Å²) in [6, 6.07) is 34.1. The molecule has 3 aliphatic carbocycles. The van der Waals surface area contributed by atoms with E-state index in [1.54, 1.807) is 0 Å². The van der Waals surface area contributed by atoms with Crippen LogP contribution in [0.4, 0.5) is 28.6 Å². The summed E-state index contributed by atoms with van der Waals surface area (Å²) in [5, 5.41) is 1.27. The second-order valence-corrected chi connectivity index (χ2v) is 24.1. The zero-order valence-electron chi connectivity index (χ0n) is 39.9. The van der Waals surface area contributed by atoms with Gasteiger partial charge in [-0.15, -0.1) is 0 Å². The first-order valence-corrected chi connectivity index (χ1v) is 23.9. The molecule has 4 heteroatoms. The van der Waals surface area contributed by atoms with Gasteiger partial charge in [0.2, 0.25) is 5.88 Å². The molecule has 0 bridgehead atoms. The van der Waals surface area contributed by atoms with Crippen LogP contribution in [0.5, 0.6) is 0 Å². The summed E-state index contributed by atoms with van der Waals surface area (Å²) >= 11 is 0. The number of fused-ring (bicyclic) bond motifs is 11. The second kappa shape index (κ2) is 13.0. The first-order valence-electron chi connectivity index (χ1n) is 23.9. The zero-order chi connectivity index (χ0) is 43.6. The molecule has 1 aromatic heterocycles. The minimum Gasteiger partial charge on any atom is -0.440 e. The zero-order valence-corrected chi connectivity index (χ0v) is 39.9. The van der Waals surface area contributed by atoms with Gasteiger partial charge in [-0.2, -0.15) is 0 Å². The molecule has 3 heterocycles. The molecule has 0 spiro atoms. The van der Waals surface area contributed by atoms with Crippen molar-refractivity contribution < 1.29 is 4.42 Å². The fourth-order valence-corrected chi connectivity index (χ4v) is 13.0. The number of rotatable bonds is 2. The summed E-state index contributed by atoms with van der Waals surface area (Å²) in [4.78, 5) is 5.41. The molecule has 11 rings (SSSR count). The summed E-state index contributed by atoms with van der Waals surface area (Å²) < 4.78 is 7.47. The smallest absolute Gasteiger partial charge is 0.257 e. The Morgan fingerprint density at radius 1 is 0.661 bits per heavy atom. The van der Waals surface area contributed by atoms with Crippen LogP contribution in [0.3, 0.4) is 0 Å². The van der Waals surface area contributed by atoms with Crippen molar-refractivity contribution in [1.82, 2.24) is 0 Å². The Balaban J connectivity index is 1.24. The third-order valence-corrected chi connectivity index (χ3v) is 16.8. The van der Waals surface area contributed by atoms with E-state index in [-0.39, 0.29) is 28.4 Å². The molecule has 2 aliphatic heterocycles. The summed E-state index contributed by atoms with van der Waals surface area (Å²) in [5.41, 5.74) is 22.1. The number of anilines is 5. The van der Waals surface area contributed by atoms with Crippen molar-refractivity contribution >= 4 is 62.7 Å². The highest BCUT2D eigenvalue weighted by Gasteiger charge is 2.51. The van der Waals surface area contributed by atoms with E-state index in [1.165, 1.54) is 122 Å². The molecule has 62 heavy (non-hydrogen) atoms. The fraction of sp³-hybridized carbons (Fsp3) is 0.448. The second-order valence-electron chi connectivity index (χ2n) is 24.1. The molecule has 6 aromatic rings. The molecule has 1 saturated carbocycles. The molecule has 0 amide bonds. The molecule has 0 N–H and O–H groups in total. The topological polar surface area (TPSA) is 19.6 Å². The number of hydrogen-bond donors (Lipinski definition) is 0. The van der Waals surface area contributed by atoms with Crippen molar-refractivity contribution in [3.8, 4) is 11.1 Å². The van der Waals surface area contributed by atoms with Gasteiger partial charge in [0.15, 0.2) is 0 Å². The Kier molecular flexibility index (Phi) is 8.38. The predicted octanol–water partition coefficient (Wildman–Crippen LogP) is 14.0. The lowest BCUT2D eigenvalue weighted by atomic mass is 9.33. The standard InChI is InChI=1S/C58H67BN2O/c1-34-30-46-51-47(31-34)61(38-24-20-36(21-25-38)55(5,6)7)53-50(41-32-43-44(33-48(41)62-53)57(10,11)29-28-56(43,8)9)59(51)45-27-26-40-39-16-14-15-17-42(39)58(12,13)49(40)52(45)60(46)37-22-18-35(19-23-37)54(2,3)4/h14-17,20-21,24-27,30-33,35,37H,18-19,22-23,28-29H2,1-13H3. The predicted molar refractivity (Wildman–Crippen MR) is 266 cm³/mol. The Hall–Kier alpha value is -4.70. The van der Waals surface area contributed by atoms with E-state index in [2.05, 4.69) is 185 Å². The monoisotopic (exact) mass is 819 g/mol. The van der Waals surface area contributed by atoms with E-state index in [0.717, 1.165) is 23.1 Å². The Labute approximate surface area is 372 Å². The average molecular weight is 819 g/mol. The lowest BCUT2D eigenvalue weighted by molar-refractivity contribution is 0.169. The van der Waals surface area contributed by atoms with Gasteiger partial charge in [0.1, 0.15) is 5.58 Å². The normalized spacial score (nSPS) is 21.5. The largest absolute Gasteiger partial charge is 0.440 e. The van der Waals surface area contributed by atoms with Gasteiger partial charge in [-0.1, -0.05) is 132 Å². The fourth-order valence-electron chi connectivity index (χ4n) is 13.0. The number of hydrogen-bond acceptors (Lipinski definition) is 3. The van der Waals surface area contributed by atoms with Crippen LogP contribution < -0.4 is 26.2 Å². The van der Waals surface area contributed by atoms with E-state index in [0.29, 0.717) is 11.5 Å². The van der Waals surface area contributed by atoms with Crippen LogP contribution in [-0.4, -0.2) is 12.8 Å². The maximum atomic E-state index is 7.47. The lowest BCUT2D eigenvalue weighted by Crippen LogP contribution is -2.63. The first kappa shape index (κ1) is 40.1. The molecule has 0 atom stereocenters. The van der Waals surface area contributed by atoms with Crippen LogP contribution in [-0.2, 0) is 21.7 Å². The summed E-state index contributed by atoms with van der Waals surface area (Å²) in [6.45, 7) is 31.4. The van der Waals surface area contributed by atoms with Gasteiger partial charge < -0.3 is 9.32 Å². The van der Waals surface area contributed by atoms with Gasteiger partial charge in [0.05, 0.1) is 0 Å². The van der Waals surface area contributed by atoms with E-state index in [1.807, 2.05) is 0 Å². The molecule has 5 aliphatic rings.